The minimum absolute atomic E-state index is 0.235. The zero-order chi connectivity index (χ0) is 13.4. The van der Waals surface area contributed by atoms with E-state index in [1.807, 2.05) is 48.5 Å². The predicted octanol–water partition coefficient (Wildman–Crippen LogP) is 3.51. The highest BCUT2D eigenvalue weighted by atomic mass is 127. The van der Waals surface area contributed by atoms with Gasteiger partial charge in [0.05, 0.1) is 0 Å². The van der Waals surface area contributed by atoms with Crippen LogP contribution in [-0.4, -0.2) is 10.1 Å². The van der Waals surface area contributed by atoms with Crippen LogP contribution in [0.25, 0.3) is 22.0 Å². The Morgan fingerprint density at radius 3 is 2.53 bits per heavy atom. The fourth-order valence-electron chi connectivity index (χ4n) is 2.15. The fourth-order valence-corrected chi connectivity index (χ4v) is 2.64. The Morgan fingerprint density at radius 1 is 1.05 bits per heavy atom. The standard InChI is InChI=1S/C15H10INO2/c16-10-6-7-12-11(8-10)13(14(18)15(19)17-12)9-4-2-1-3-5-9/h1-8,18H,(H,17,19). The zero-order valence-electron chi connectivity index (χ0n) is 9.85. The Balaban J connectivity index is 2.48. The van der Waals surface area contributed by atoms with Gasteiger partial charge in [0.25, 0.3) is 5.56 Å². The lowest BCUT2D eigenvalue weighted by molar-refractivity contribution is 0.470. The van der Waals surface area contributed by atoms with E-state index in [9.17, 15) is 9.90 Å². The molecule has 3 nitrogen and oxygen atoms in total. The van der Waals surface area contributed by atoms with Gasteiger partial charge in [-0.1, -0.05) is 30.3 Å². The molecule has 3 aromatic rings. The lowest BCUT2D eigenvalue weighted by Gasteiger charge is -2.09. The second kappa shape index (κ2) is 4.70. The van der Waals surface area contributed by atoms with Crippen molar-refractivity contribution in [3.05, 3.63) is 62.5 Å². The quantitative estimate of drug-likeness (QED) is 0.651. The van der Waals surface area contributed by atoms with Crippen molar-refractivity contribution >= 4 is 33.5 Å². The molecule has 4 heteroatoms. The predicted molar refractivity (Wildman–Crippen MR) is 84.4 cm³/mol. The van der Waals surface area contributed by atoms with Crippen LogP contribution in [0.2, 0.25) is 0 Å². The van der Waals surface area contributed by atoms with Crippen LogP contribution < -0.4 is 5.56 Å². The Labute approximate surface area is 123 Å². The first-order valence-electron chi connectivity index (χ1n) is 5.77. The van der Waals surface area contributed by atoms with E-state index in [4.69, 9.17) is 0 Å². The van der Waals surface area contributed by atoms with Crippen LogP contribution in [0.5, 0.6) is 5.75 Å². The molecule has 0 aliphatic carbocycles. The summed E-state index contributed by atoms with van der Waals surface area (Å²) in [6.07, 6.45) is 0. The Hall–Kier alpha value is -1.82. The maximum Gasteiger partial charge on any atom is 0.291 e. The first kappa shape index (κ1) is 12.2. The van der Waals surface area contributed by atoms with E-state index in [1.165, 1.54) is 0 Å². The summed E-state index contributed by atoms with van der Waals surface area (Å²) in [5, 5.41) is 10.9. The molecule has 0 saturated heterocycles. The highest BCUT2D eigenvalue weighted by molar-refractivity contribution is 14.1. The molecule has 2 aromatic carbocycles. The molecular weight excluding hydrogens is 353 g/mol. The van der Waals surface area contributed by atoms with Crippen LogP contribution in [0.4, 0.5) is 0 Å². The summed E-state index contributed by atoms with van der Waals surface area (Å²) >= 11 is 2.21. The van der Waals surface area contributed by atoms with Gasteiger partial charge in [-0.2, -0.15) is 0 Å². The molecule has 19 heavy (non-hydrogen) atoms. The molecule has 1 aromatic heterocycles. The molecule has 0 fully saturated rings. The Morgan fingerprint density at radius 2 is 1.79 bits per heavy atom. The molecule has 0 aliphatic rings. The maximum atomic E-state index is 11.8. The van der Waals surface area contributed by atoms with Crippen LogP contribution in [0, 0.1) is 3.57 Å². The Bertz CT molecular complexity index is 809. The second-order valence-corrected chi connectivity index (χ2v) is 5.48. The molecule has 0 radical (unpaired) electrons. The lowest BCUT2D eigenvalue weighted by atomic mass is 10.0. The van der Waals surface area contributed by atoms with Gasteiger partial charge in [0.15, 0.2) is 5.75 Å². The molecule has 0 amide bonds. The Kier molecular flexibility index (Phi) is 3.02. The van der Waals surface area contributed by atoms with Crippen LogP contribution >= 0.6 is 22.6 Å². The summed E-state index contributed by atoms with van der Waals surface area (Å²) in [5.41, 5.74) is 1.67. The first-order chi connectivity index (χ1) is 9.16. The highest BCUT2D eigenvalue weighted by Gasteiger charge is 2.13. The van der Waals surface area contributed by atoms with E-state index >= 15 is 0 Å². The normalized spacial score (nSPS) is 10.8. The highest BCUT2D eigenvalue weighted by Crippen LogP contribution is 2.33. The number of hydrogen-bond acceptors (Lipinski definition) is 2. The van der Waals surface area contributed by atoms with Crippen LogP contribution in [-0.2, 0) is 0 Å². The summed E-state index contributed by atoms with van der Waals surface area (Å²) in [5.74, 6) is -0.235. The van der Waals surface area contributed by atoms with E-state index in [0.717, 1.165) is 20.0 Å². The number of nitrogens with one attached hydrogen (secondary N) is 1. The molecule has 0 bridgehead atoms. The molecule has 2 N–H and O–H groups in total. The van der Waals surface area contributed by atoms with Gasteiger partial charge < -0.3 is 10.1 Å². The number of hydrogen-bond donors (Lipinski definition) is 2. The molecule has 0 spiro atoms. The summed E-state index contributed by atoms with van der Waals surface area (Å²) in [6, 6.07) is 15.2. The third-order valence-corrected chi connectivity index (χ3v) is 3.68. The number of aromatic amines is 1. The zero-order valence-corrected chi connectivity index (χ0v) is 12.0. The number of H-pyrrole nitrogens is 1. The molecule has 0 atom stereocenters. The first-order valence-corrected chi connectivity index (χ1v) is 6.84. The molecule has 94 valence electrons. The van der Waals surface area contributed by atoms with E-state index in [1.54, 1.807) is 0 Å². The molecule has 0 unspecified atom stereocenters. The van der Waals surface area contributed by atoms with Gasteiger partial charge in [-0.05, 0) is 46.4 Å². The van der Waals surface area contributed by atoms with Gasteiger partial charge in [0, 0.05) is 20.0 Å². The van der Waals surface area contributed by atoms with E-state index in [0.29, 0.717) is 5.56 Å². The van der Waals surface area contributed by atoms with Crippen molar-refractivity contribution in [2.45, 2.75) is 0 Å². The van der Waals surface area contributed by atoms with Crippen molar-refractivity contribution < 1.29 is 5.11 Å². The minimum atomic E-state index is -0.465. The van der Waals surface area contributed by atoms with E-state index < -0.39 is 5.56 Å². The van der Waals surface area contributed by atoms with Crippen molar-refractivity contribution in [2.75, 3.05) is 0 Å². The van der Waals surface area contributed by atoms with Crippen molar-refractivity contribution in [1.82, 2.24) is 4.98 Å². The lowest BCUT2D eigenvalue weighted by Crippen LogP contribution is -2.06. The molecule has 3 rings (SSSR count). The van der Waals surface area contributed by atoms with Crippen molar-refractivity contribution in [3.63, 3.8) is 0 Å². The third-order valence-electron chi connectivity index (χ3n) is 3.01. The van der Waals surface area contributed by atoms with Gasteiger partial charge in [-0.25, -0.2) is 0 Å². The van der Waals surface area contributed by atoms with Crippen molar-refractivity contribution in [2.24, 2.45) is 0 Å². The van der Waals surface area contributed by atoms with Crippen LogP contribution in [0.3, 0.4) is 0 Å². The summed E-state index contributed by atoms with van der Waals surface area (Å²) in [4.78, 5) is 14.5. The molecule has 0 aliphatic heterocycles. The molecule has 1 heterocycles. The monoisotopic (exact) mass is 363 g/mol. The number of aromatic nitrogens is 1. The summed E-state index contributed by atoms with van der Waals surface area (Å²) < 4.78 is 1.05. The topological polar surface area (TPSA) is 53.1 Å². The second-order valence-electron chi connectivity index (χ2n) is 4.23. The van der Waals surface area contributed by atoms with Gasteiger partial charge in [0.1, 0.15) is 0 Å². The minimum Gasteiger partial charge on any atom is -0.503 e. The number of fused-ring (bicyclic) bond motifs is 1. The third kappa shape index (κ3) is 2.12. The van der Waals surface area contributed by atoms with Crippen LogP contribution in [0.1, 0.15) is 0 Å². The fraction of sp³-hybridized carbons (Fsp3) is 0. The van der Waals surface area contributed by atoms with Gasteiger partial charge >= 0.3 is 0 Å². The van der Waals surface area contributed by atoms with Gasteiger partial charge in [0.2, 0.25) is 0 Å². The number of aromatic hydroxyl groups is 1. The number of pyridine rings is 1. The number of benzene rings is 2. The maximum absolute atomic E-state index is 11.8. The van der Waals surface area contributed by atoms with Crippen LogP contribution in [0.15, 0.2) is 53.3 Å². The summed E-state index contributed by atoms with van der Waals surface area (Å²) in [7, 11) is 0. The number of rotatable bonds is 1. The molecule has 0 saturated carbocycles. The van der Waals surface area contributed by atoms with Gasteiger partial charge in [-0.3, -0.25) is 4.79 Å². The van der Waals surface area contributed by atoms with E-state index in [-0.39, 0.29) is 5.75 Å². The number of halogens is 1. The average Bonchev–Trinajstić information content (AvgIpc) is 2.42. The summed E-state index contributed by atoms with van der Waals surface area (Å²) in [6.45, 7) is 0. The van der Waals surface area contributed by atoms with E-state index in [2.05, 4.69) is 27.6 Å². The average molecular weight is 363 g/mol. The molecular formula is C15H10INO2. The van der Waals surface area contributed by atoms with Crippen molar-refractivity contribution in [3.8, 4) is 16.9 Å². The smallest absolute Gasteiger partial charge is 0.291 e. The van der Waals surface area contributed by atoms with Gasteiger partial charge in [-0.15, -0.1) is 0 Å². The SMILES string of the molecule is O=c1[nH]c2ccc(I)cc2c(-c2ccccc2)c1O. The largest absolute Gasteiger partial charge is 0.503 e. The van der Waals surface area contributed by atoms with Crippen molar-refractivity contribution in [1.29, 1.82) is 0 Å².